The van der Waals surface area contributed by atoms with Crippen molar-refractivity contribution in [2.75, 3.05) is 6.61 Å². The van der Waals surface area contributed by atoms with Crippen molar-refractivity contribution in [3.05, 3.63) is 34.1 Å². The molecule has 0 spiro atoms. The third kappa shape index (κ3) is 4.47. The van der Waals surface area contributed by atoms with Gasteiger partial charge in [0.25, 0.3) is 0 Å². The van der Waals surface area contributed by atoms with Crippen LogP contribution in [-0.2, 0) is 4.79 Å². The Labute approximate surface area is 114 Å². The van der Waals surface area contributed by atoms with E-state index in [4.69, 9.17) is 9.84 Å². The number of aliphatic carboxylic acids is 1. The molecule has 0 aliphatic carbocycles. The summed E-state index contributed by atoms with van der Waals surface area (Å²) in [4.78, 5) is 20.6. The van der Waals surface area contributed by atoms with Gasteiger partial charge in [-0.3, -0.25) is 20.2 Å². The molecule has 20 heavy (non-hydrogen) atoms. The van der Waals surface area contributed by atoms with E-state index in [9.17, 15) is 19.3 Å². The largest absolute Gasteiger partial charge is 0.491 e. The molecule has 0 amide bonds. The lowest BCUT2D eigenvalue weighted by Gasteiger charge is -2.17. The van der Waals surface area contributed by atoms with Crippen LogP contribution in [0.1, 0.15) is 13.8 Å². The molecule has 1 aromatic carbocycles. The highest BCUT2D eigenvalue weighted by Gasteiger charge is 2.20. The molecular formula is C12H15FN2O5. The van der Waals surface area contributed by atoms with Gasteiger partial charge in [-0.05, 0) is 6.07 Å². The van der Waals surface area contributed by atoms with Crippen molar-refractivity contribution in [2.45, 2.75) is 25.9 Å². The molecule has 0 saturated heterocycles. The lowest BCUT2D eigenvalue weighted by molar-refractivity contribution is -0.387. The molecule has 2 N–H and O–H groups in total. The van der Waals surface area contributed by atoms with E-state index in [-0.39, 0.29) is 18.4 Å². The molecule has 0 radical (unpaired) electrons. The fourth-order valence-electron chi connectivity index (χ4n) is 1.50. The SMILES string of the molecule is CC(C)NC(COc1ccc([N+](=O)[O-])c(F)c1)C(=O)O. The van der Waals surface area contributed by atoms with Crippen LogP contribution in [0.3, 0.4) is 0 Å². The summed E-state index contributed by atoms with van der Waals surface area (Å²) in [5.74, 6) is -2.10. The van der Waals surface area contributed by atoms with Crippen molar-refractivity contribution >= 4 is 11.7 Å². The van der Waals surface area contributed by atoms with Crippen LogP contribution in [0.4, 0.5) is 10.1 Å². The number of hydrogen-bond acceptors (Lipinski definition) is 5. The number of nitrogens with one attached hydrogen (secondary N) is 1. The number of nitro benzene ring substituents is 1. The van der Waals surface area contributed by atoms with Crippen molar-refractivity contribution in [3.63, 3.8) is 0 Å². The third-order valence-corrected chi connectivity index (χ3v) is 2.37. The van der Waals surface area contributed by atoms with Crippen molar-refractivity contribution in [1.29, 1.82) is 0 Å². The summed E-state index contributed by atoms with van der Waals surface area (Å²) in [6.07, 6.45) is 0. The Morgan fingerprint density at radius 3 is 2.65 bits per heavy atom. The van der Waals surface area contributed by atoms with E-state index in [0.29, 0.717) is 0 Å². The fraction of sp³-hybridized carbons (Fsp3) is 0.417. The first-order chi connectivity index (χ1) is 9.31. The second-order valence-corrected chi connectivity index (χ2v) is 4.39. The predicted octanol–water partition coefficient (Wildman–Crippen LogP) is 1.56. The molecule has 0 heterocycles. The van der Waals surface area contributed by atoms with Crippen LogP contribution in [0.25, 0.3) is 0 Å². The highest BCUT2D eigenvalue weighted by atomic mass is 19.1. The number of rotatable bonds is 7. The van der Waals surface area contributed by atoms with Gasteiger partial charge in [-0.2, -0.15) is 4.39 Å². The number of carboxylic acids is 1. The minimum absolute atomic E-state index is 0.0323. The standard InChI is InChI=1S/C12H15FN2O5/c1-7(2)14-10(12(16)17)6-20-8-3-4-11(15(18)19)9(13)5-8/h3-5,7,10,14H,6H2,1-2H3,(H,16,17). The van der Waals surface area contributed by atoms with E-state index >= 15 is 0 Å². The van der Waals surface area contributed by atoms with Crippen LogP contribution >= 0.6 is 0 Å². The van der Waals surface area contributed by atoms with Gasteiger partial charge in [0.05, 0.1) is 4.92 Å². The first kappa shape index (κ1) is 15.8. The van der Waals surface area contributed by atoms with Crippen molar-refractivity contribution in [3.8, 4) is 5.75 Å². The van der Waals surface area contributed by atoms with E-state index < -0.39 is 28.4 Å². The molecule has 0 aliphatic rings. The smallest absolute Gasteiger partial charge is 0.324 e. The van der Waals surface area contributed by atoms with E-state index in [1.807, 2.05) is 0 Å². The van der Waals surface area contributed by atoms with E-state index in [1.165, 1.54) is 6.07 Å². The minimum atomic E-state index is -1.10. The maximum absolute atomic E-state index is 13.3. The molecular weight excluding hydrogens is 271 g/mol. The molecule has 1 rings (SSSR count). The van der Waals surface area contributed by atoms with Crippen LogP contribution < -0.4 is 10.1 Å². The molecule has 0 aliphatic heterocycles. The third-order valence-electron chi connectivity index (χ3n) is 2.37. The first-order valence-corrected chi connectivity index (χ1v) is 5.87. The molecule has 0 saturated carbocycles. The fourth-order valence-corrected chi connectivity index (χ4v) is 1.50. The van der Waals surface area contributed by atoms with Crippen LogP contribution in [0, 0.1) is 15.9 Å². The van der Waals surface area contributed by atoms with Gasteiger partial charge in [-0.1, -0.05) is 13.8 Å². The second kappa shape index (κ2) is 6.80. The zero-order valence-electron chi connectivity index (χ0n) is 11.0. The lowest BCUT2D eigenvalue weighted by atomic mass is 10.2. The number of carbonyl (C=O) groups is 1. The summed E-state index contributed by atoms with van der Waals surface area (Å²) in [5.41, 5.74) is -0.660. The Kier molecular flexibility index (Phi) is 5.39. The first-order valence-electron chi connectivity index (χ1n) is 5.87. The van der Waals surface area contributed by atoms with E-state index in [1.54, 1.807) is 13.8 Å². The van der Waals surface area contributed by atoms with Crippen molar-refractivity contribution < 1.29 is 24.0 Å². The van der Waals surface area contributed by atoms with Crippen LogP contribution in [-0.4, -0.2) is 34.7 Å². The number of hydrogen-bond donors (Lipinski definition) is 2. The molecule has 0 fully saturated rings. The Morgan fingerprint density at radius 2 is 2.20 bits per heavy atom. The number of benzene rings is 1. The zero-order valence-corrected chi connectivity index (χ0v) is 11.0. The van der Waals surface area contributed by atoms with Gasteiger partial charge in [0.15, 0.2) is 0 Å². The number of carboxylic acid groups (broad SMARTS) is 1. The van der Waals surface area contributed by atoms with Gasteiger partial charge in [0, 0.05) is 18.2 Å². The maximum Gasteiger partial charge on any atom is 0.324 e. The lowest BCUT2D eigenvalue weighted by Crippen LogP contribution is -2.44. The monoisotopic (exact) mass is 286 g/mol. The van der Waals surface area contributed by atoms with Gasteiger partial charge in [0.1, 0.15) is 18.4 Å². The minimum Gasteiger partial charge on any atom is -0.491 e. The van der Waals surface area contributed by atoms with Crippen LogP contribution in [0.15, 0.2) is 18.2 Å². The summed E-state index contributed by atoms with van der Waals surface area (Å²) >= 11 is 0. The van der Waals surface area contributed by atoms with Gasteiger partial charge in [-0.15, -0.1) is 0 Å². The Balaban J connectivity index is 2.71. The van der Waals surface area contributed by atoms with Gasteiger partial charge in [-0.25, -0.2) is 0 Å². The topological polar surface area (TPSA) is 102 Å². The normalized spacial score (nSPS) is 12.2. The van der Waals surface area contributed by atoms with E-state index in [2.05, 4.69) is 5.32 Å². The molecule has 110 valence electrons. The van der Waals surface area contributed by atoms with Crippen molar-refractivity contribution in [1.82, 2.24) is 5.32 Å². The quantitative estimate of drug-likeness (QED) is 0.582. The Morgan fingerprint density at radius 1 is 1.55 bits per heavy atom. The number of ether oxygens (including phenoxy) is 1. The van der Waals surface area contributed by atoms with E-state index in [0.717, 1.165) is 12.1 Å². The summed E-state index contributed by atoms with van der Waals surface area (Å²) in [6, 6.07) is 2.03. The molecule has 1 unspecified atom stereocenters. The maximum atomic E-state index is 13.3. The van der Waals surface area contributed by atoms with Crippen molar-refractivity contribution in [2.24, 2.45) is 0 Å². The van der Waals surface area contributed by atoms with Gasteiger partial charge in [0.2, 0.25) is 5.82 Å². The Hall–Kier alpha value is -2.22. The highest BCUT2D eigenvalue weighted by molar-refractivity contribution is 5.73. The average Bonchev–Trinajstić information content (AvgIpc) is 2.33. The van der Waals surface area contributed by atoms with Gasteiger partial charge < -0.3 is 9.84 Å². The summed E-state index contributed by atoms with van der Waals surface area (Å²) in [6.45, 7) is 3.34. The molecule has 7 nitrogen and oxygen atoms in total. The number of nitro groups is 1. The average molecular weight is 286 g/mol. The molecule has 0 aromatic heterocycles. The molecule has 8 heteroatoms. The van der Waals surface area contributed by atoms with Crippen LogP contribution in [0.5, 0.6) is 5.75 Å². The molecule has 1 aromatic rings. The summed E-state index contributed by atoms with van der Waals surface area (Å²) in [5, 5.41) is 22.2. The highest BCUT2D eigenvalue weighted by Crippen LogP contribution is 2.22. The van der Waals surface area contributed by atoms with Crippen LogP contribution in [0.2, 0.25) is 0 Å². The zero-order chi connectivity index (χ0) is 15.3. The second-order valence-electron chi connectivity index (χ2n) is 4.39. The summed E-state index contributed by atoms with van der Waals surface area (Å²) < 4.78 is 18.5. The van der Waals surface area contributed by atoms with Gasteiger partial charge >= 0.3 is 11.7 Å². The number of nitrogens with zero attached hydrogens (tertiary/aromatic N) is 1. The predicted molar refractivity (Wildman–Crippen MR) is 68.2 cm³/mol. The molecule has 1 atom stereocenters. The molecule has 0 bridgehead atoms. The number of halogens is 1. The summed E-state index contributed by atoms with van der Waals surface area (Å²) in [7, 11) is 0. The Bertz CT molecular complexity index is 507.